The van der Waals surface area contributed by atoms with Gasteiger partial charge in [0.05, 0.1) is 17.5 Å². The molecular formula is C17H19BrN2O4S. The minimum atomic E-state index is -3.78. The van der Waals surface area contributed by atoms with E-state index in [-0.39, 0.29) is 4.90 Å². The zero-order valence-corrected chi connectivity index (χ0v) is 16.2. The summed E-state index contributed by atoms with van der Waals surface area (Å²) in [6.07, 6.45) is 0. The van der Waals surface area contributed by atoms with Gasteiger partial charge in [-0.05, 0) is 62.4 Å². The zero-order chi connectivity index (χ0) is 18.4. The molecule has 8 heteroatoms. The second kappa shape index (κ2) is 8.46. The normalized spacial score (nSPS) is 12.4. The van der Waals surface area contributed by atoms with Crippen LogP contribution in [0.3, 0.4) is 0 Å². The number of sulfonamides is 1. The molecule has 0 aliphatic rings. The van der Waals surface area contributed by atoms with Gasteiger partial charge >= 0.3 is 0 Å². The Morgan fingerprint density at radius 1 is 1.12 bits per heavy atom. The van der Waals surface area contributed by atoms with Gasteiger partial charge in [-0.2, -0.15) is 4.72 Å². The molecule has 2 aromatic carbocycles. The Morgan fingerprint density at radius 3 is 2.28 bits per heavy atom. The first kappa shape index (κ1) is 19.4. The molecule has 0 unspecified atom stereocenters. The molecule has 6 nitrogen and oxygen atoms in total. The van der Waals surface area contributed by atoms with Crippen LogP contribution < -0.4 is 14.8 Å². The van der Waals surface area contributed by atoms with Gasteiger partial charge in [0.25, 0.3) is 0 Å². The first-order valence-electron chi connectivity index (χ1n) is 7.63. The van der Waals surface area contributed by atoms with Crippen LogP contribution in [0.25, 0.3) is 0 Å². The van der Waals surface area contributed by atoms with Crippen molar-refractivity contribution in [2.24, 2.45) is 0 Å². The van der Waals surface area contributed by atoms with E-state index >= 15 is 0 Å². The lowest BCUT2D eigenvalue weighted by Crippen LogP contribution is -2.41. The fraction of sp³-hybridized carbons (Fsp3) is 0.235. The third-order valence-electron chi connectivity index (χ3n) is 3.28. The Kier molecular flexibility index (Phi) is 6.57. The highest BCUT2D eigenvalue weighted by molar-refractivity contribution is 9.10. The number of nitrogens with one attached hydrogen (secondary N) is 2. The predicted molar refractivity (Wildman–Crippen MR) is 100 cm³/mol. The van der Waals surface area contributed by atoms with Gasteiger partial charge in [-0.25, -0.2) is 8.42 Å². The molecule has 0 fully saturated rings. The number of anilines is 1. The average Bonchev–Trinajstić information content (AvgIpc) is 2.57. The summed E-state index contributed by atoms with van der Waals surface area (Å²) in [5.41, 5.74) is 0.558. The maximum absolute atomic E-state index is 12.3. The second-order valence-corrected chi connectivity index (χ2v) is 7.87. The number of ether oxygens (including phenoxy) is 1. The van der Waals surface area contributed by atoms with Crippen molar-refractivity contribution >= 4 is 37.5 Å². The summed E-state index contributed by atoms with van der Waals surface area (Å²) in [6.45, 7) is 3.93. The largest absolute Gasteiger partial charge is 0.494 e. The number of halogens is 1. The van der Waals surface area contributed by atoms with Crippen LogP contribution in [0.4, 0.5) is 5.69 Å². The zero-order valence-electron chi connectivity index (χ0n) is 13.8. The maximum Gasteiger partial charge on any atom is 0.242 e. The quantitative estimate of drug-likeness (QED) is 0.711. The van der Waals surface area contributed by atoms with Gasteiger partial charge in [0, 0.05) is 10.2 Å². The fourth-order valence-electron chi connectivity index (χ4n) is 2.02. The number of rotatable bonds is 7. The Morgan fingerprint density at radius 2 is 1.72 bits per heavy atom. The molecule has 25 heavy (non-hydrogen) atoms. The smallest absolute Gasteiger partial charge is 0.242 e. The Balaban J connectivity index is 2.00. The first-order chi connectivity index (χ1) is 11.8. The summed E-state index contributed by atoms with van der Waals surface area (Å²) in [5, 5.41) is 2.67. The van der Waals surface area contributed by atoms with Crippen LogP contribution in [-0.4, -0.2) is 27.0 Å². The maximum atomic E-state index is 12.3. The van der Waals surface area contributed by atoms with Gasteiger partial charge in [0.2, 0.25) is 15.9 Å². The van der Waals surface area contributed by atoms with Crippen molar-refractivity contribution in [3.63, 3.8) is 0 Å². The molecule has 0 aliphatic carbocycles. The monoisotopic (exact) mass is 426 g/mol. The Hall–Kier alpha value is -1.90. The molecule has 0 aliphatic heterocycles. The Labute approximate surface area is 155 Å². The predicted octanol–water partition coefficient (Wildman–Crippen LogP) is 3.15. The number of carbonyl (C=O) groups is 1. The van der Waals surface area contributed by atoms with Gasteiger partial charge in [0.1, 0.15) is 5.75 Å². The number of carbonyl (C=O) groups excluding carboxylic acids is 1. The van der Waals surface area contributed by atoms with E-state index in [0.717, 1.165) is 4.47 Å². The van der Waals surface area contributed by atoms with E-state index in [1.165, 1.54) is 19.1 Å². The number of hydrogen-bond donors (Lipinski definition) is 2. The lowest BCUT2D eigenvalue weighted by Gasteiger charge is -2.15. The van der Waals surface area contributed by atoms with Crippen LogP contribution in [0.2, 0.25) is 0 Å². The molecule has 2 aromatic rings. The van der Waals surface area contributed by atoms with Crippen LogP contribution >= 0.6 is 15.9 Å². The summed E-state index contributed by atoms with van der Waals surface area (Å²) >= 11 is 3.25. The molecule has 134 valence electrons. The van der Waals surface area contributed by atoms with Crippen LogP contribution in [0.1, 0.15) is 13.8 Å². The van der Waals surface area contributed by atoms with Gasteiger partial charge in [-0.3, -0.25) is 4.79 Å². The third-order valence-corrected chi connectivity index (χ3v) is 5.37. The highest BCUT2D eigenvalue weighted by Crippen LogP contribution is 2.17. The molecule has 0 saturated carbocycles. The molecule has 2 rings (SSSR count). The van der Waals surface area contributed by atoms with Crippen LogP contribution in [0.15, 0.2) is 57.9 Å². The van der Waals surface area contributed by atoms with E-state index in [0.29, 0.717) is 18.0 Å². The second-order valence-electron chi connectivity index (χ2n) is 5.24. The van der Waals surface area contributed by atoms with E-state index in [2.05, 4.69) is 26.0 Å². The molecule has 0 spiro atoms. The van der Waals surface area contributed by atoms with E-state index in [4.69, 9.17) is 4.74 Å². The molecule has 2 N–H and O–H groups in total. The standard InChI is InChI=1S/C17H19BrN2O4S/c1-3-24-15-8-6-14(7-9-15)19-17(21)12(2)20-25(22,23)16-10-4-13(18)5-11-16/h4-12,20H,3H2,1-2H3,(H,19,21)/t12-/m0/s1. The topological polar surface area (TPSA) is 84.5 Å². The minimum absolute atomic E-state index is 0.0939. The Bertz CT molecular complexity index is 821. The van der Waals surface area contributed by atoms with Crippen molar-refractivity contribution in [3.05, 3.63) is 53.0 Å². The molecule has 0 heterocycles. The van der Waals surface area contributed by atoms with Crippen molar-refractivity contribution in [2.75, 3.05) is 11.9 Å². The lowest BCUT2D eigenvalue weighted by atomic mass is 10.2. The lowest BCUT2D eigenvalue weighted by molar-refractivity contribution is -0.117. The van der Waals surface area contributed by atoms with Crippen molar-refractivity contribution in [3.8, 4) is 5.75 Å². The molecule has 0 saturated heterocycles. The van der Waals surface area contributed by atoms with E-state index in [1.54, 1.807) is 36.4 Å². The molecule has 1 amide bonds. The molecular weight excluding hydrogens is 408 g/mol. The van der Waals surface area contributed by atoms with Crippen molar-refractivity contribution < 1.29 is 17.9 Å². The van der Waals surface area contributed by atoms with Gasteiger partial charge in [-0.1, -0.05) is 15.9 Å². The number of benzene rings is 2. The summed E-state index contributed by atoms with van der Waals surface area (Å²) in [4.78, 5) is 12.3. The fourth-order valence-corrected chi connectivity index (χ4v) is 3.49. The van der Waals surface area contributed by atoms with Crippen LogP contribution in [0.5, 0.6) is 5.75 Å². The highest BCUT2D eigenvalue weighted by Gasteiger charge is 2.22. The molecule has 0 aromatic heterocycles. The summed E-state index contributed by atoms with van der Waals surface area (Å²) in [7, 11) is -3.78. The summed E-state index contributed by atoms with van der Waals surface area (Å²) in [6, 6.07) is 12.1. The summed E-state index contributed by atoms with van der Waals surface area (Å²) < 4.78 is 33.1. The van der Waals surface area contributed by atoms with E-state index in [1.807, 2.05) is 6.92 Å². The third kappa shape index (κ3) is 5.55. The number of amides is 1. The van der Waals surface area contributed by atoms with Crippen LogP contribution in [-0.2, 0) is 14.8 Å². The average molecular weight is 427 g/mol. The SMILES string of the molecule is CCOc1ccc(NC(=O)[C@H](C)NS(=O)(=O)c2ccc(Br)cc2)cc1. The van der Waals surface area contributed by atoms with E-state index < -0.39 is 22.0 Å². The highest BCUT2D eigenvalue weighted by atomic mass is 79.9. The van der Waals surface area contributed by atoms with Gasteiger partial charge in [0.15, 0.2) is 0 Å². The molecule has 1 atom stereocenters. The van der Waals surface area contributed by atoms with Gasteiger partial charge < -0.3 is 10.1 Å². The van der Waals surface area contributed by atoms with Crippen molar-refractivity contribution in [1.82, 2.24) is 4.72 Å². The molecule has 0 bridgehead atoms. The summed E-state index contributed by atoms with van der Waals surface area (Å²) in [5.74, 6) is 0.245. The van der Waals surface area contributed by atoms with Crippen LogP contribution in [0, 0.1) is 0 Å². The molecule has 0 radical (unpaired) electrons. The first-order valence-corrected chi connectivity index (χ1v) is 9.91. The number of hydrogen-bond acceptors (Lipinski definition) is 4. The van der Waals surface area contributed by atoms with Crippen molar-refractivity contribution in [1.29, 1.82) is 0 Å². The van der Waals surface area contributed by atoms with Gasteiger partial charge in [-0.15, -0.1) is 0 Å². The minimum Gasteiger partial charge on any atom is -0.494 e. The van der Waals surface area contributed by atoms with Crippen molar-refractivity contribution in [2.45, 2.75) is 24.8 Å². The van der Waals surface area contributed by atoms with E-state index in [9.17, 15) is 13.2 Å².